The lowest BCUT2D eigenvalue weighted by atomic mass is 10.2. The first-order chi connectivity index (χ1) is 15.0. The number of carbonyl (C=O) groups is 2. The number of nitrogens with one attached hydrogen (secondary N) is 2. The molecule has 1 aromatic carbocycles. The van der Waals surface area contributed by atoms with E-state index in [4.69, 9.17) is 9.47 Å². The van der Waals surface area contributed by atoms with Crippen molar-refractivity contribution >= 4 is 37.8 Å². The largest absolute Gasteiger partial charge is 0.481 e. The first-order valence-electron chi connectivity index (χ1n) is 8.90. The van der Waals surface area contributed by atoms with Gasteiger partial charge >= 0.3 is 6.03 Å². The summed E-state index contributed by atoms with van der Waals surface area (Å²) in [6, 6.07) is 3.92. The number of fused-ring (bicyclic) bond motifs is 1. The van der Waals surface area contributed by atoms with E-state index in [1.165, 1.54) is 39.3 Å². The molecule has 0 atom stereocenters. The van der Waals surface area contributed by atoms with Crippen LogP contribution in [0.2, 0.25) is 0 Å². The van der Waals surface area contributed by atoms with E-state index in [0.717, 1.165) is 10.4 Å². The Morgan fingerprint density at radius 1 is 1.16 bits per heavy atom. The fourth-order valence-electron chi connectivity index (χ4n) is 2.96. The van der Waals surface area contributed by atoms with E-state index < -0.39 is 48.2 Å². The van der Waals surface area contributed by atoms with Crippen molar-refractivity contribution < 1.29 is 35.9 Å². The summed E-state index contributed by atoms with van der Waals surface area (Å²) in [5, 5.41) is 2.12. The molecule has 0 radical (unpaired) electrons. The lowest BCUT2D eigenvalue weighted by Crippen LogP contribution is -2.36. The molecule has 0 bridgehead atoms. The SMILES string of the molecule is COc1cc(OC)nc(NC(=O)NS(=O)(=O)c2cccc3c2S(=O)(=O)N(CC(C)=O)C3)n1. The maximum Gasteiger partial charge on any atom is 0.335 e. The van der Waals surface area contributed by atoms with Gasteiger partial charge in [-0.2, -0.15) is 14.3 Å². The average Bonchev–Trinajstić information content (AvgIpc) is 2.96. The van der Waals surface area contributed by atoms with Crippen LogP contribution in [0.15, 0.2) is 34.1 Å². The Bertz CT molecular complexity index is 1270. The lowest BCUT2D eigenvalue weighted by Gasteiger charge is -2.14. The number of urea groups is 1. The summed E-state index contributed by atoms with van der Waals surface area (Å²) in [6.07, 6.45) is 0. The summed E-state index contributed by atoms with van der Waals surface area (Å²) in [6.45, 7) is 0.654. The highest BCUT2D eigenvalue weighted by molar-refractivity contribution is 7.93. The molecule has 0 saturated carbocycles. The Hall–Kier alpha value is -3.30. The molecule has 2 N–H and O–H groups in total. The van der Waals surface area contributed by atoms with E-state index in [1.807, 2.05) is 0 Å². The van der Waals surface area contributed by atoms with Gasteiger partial charge in [0.1, 0.15) is 15.6 Å². The van der Waals surface area contributed by atoms with Gasteiger partial charge in [-0.3, -0.25) is 10.1 Å². The summed E-state index contributed by atoms with van der Waals surface area (Å²) in [5.74, 6) is -0.621. The van der Waals surface area contributed by atoms with Crippen molar-refractivity contribution in [2.75, 3.05) is 26.1 Å². The minimum absolute atomic E-state index is 0.0487. The van der Waals surface area contributed by atoms with Gasteiger partial charge in [0.25, 0.3) is 10.0 Å². The minimum atomic E-state index is -4.63. The van der Waals surface area contributed by atoms with Gasteiger partial charge in [0.2, 0.25) is 27.7 Å². The number of methoxy groups -OCH3 is 2. The monoisotopic (exact) mass is 485 g/mol. The summed E-state index contributed by atoms with van der Waals surface area (Å²) in [7, 11) is -6.25. The Labute approximate surface area is 183 Å². The predicted molar refractivity (Wildman–Crippen MR) is 109 cm³/mol. The molecule has 0 unspecified atom stereocenters. The Balaban J connectivity index is 1.89. The third kappa shape index (κ3) is 4.63. The van der Waals surface area contributed by atoms with Gasteiger partial charge in [-0.1, -0.05) is 12.1 Å². The lowest BCUT2D eigenvalue weighted by molar-refractivity contribution is -0.117. The van der Waals surface area contributed by atoms with Gasteiger partial charge in [0, 0.05) is 6.54 Å². The number of amides is 2. The molecule has 0 spiro atoms. The molecule has 0 aliphatic carbocycles. The number of aromatic nitrogens is 2. The molecule has 2 aromatic rings. The number of ether oxygens (including phenoxy) is 2. The van der Waals surface area contributed by atoms with Crippen LogP contribution in [0.4, 0.5) is 10.7 Å². The molecule has 15 heteroatoms. The molecule has 1 aliphatic rings. The highest BCUT2D eigenvalue weighted by Crippen LogP contribution is 2.35. The molecule has 3 rings (SSSR count). The van der Waals surface area contributed by atoms with Gasteiger partial charge in [-0.25, -0.2) is 26.4 Å². The van der Waals surface area contributed by atoms with E-state index in [9.17, 15) is 26.4 Å². The molecule has 1 aromatic heterocycles. The molecule has 2 amide bonds. The molecular weight excluding hydrogens is 466 g/mol. The molecule has 2 heterocycles. The number of ketones is 1. The van der Waals surface area contributed by atoms with Crippen LogP contribution in [0.25, 0.3) is 0 Å². The number of sulfonamides is 2. The standard InChI is InChI=1S/C17H19N5O8S2/c1-10(23)8-22-9-11-5-4-6-12(15(11)32(22,27)28)31(25,26)21-17(24)20-16-18-13(29-2)7-14(19-16)30-3/h4-7H,8-9H2,1-3H3,(H2,18,19,20,21,24). The second-order valence-electron chi connectivity index (χ2n) is 6.56. The quantitative estimate of drug-likeness (QED) is 0.547. The predicted octanol–water partition coefficient (Wildman–Crippen LogP) is 0.0975. The summed E-state index contributed by atoms with van der Waals surface area (Å²) in [4.78, 5) is 30.3. The summed E-state index contributed by atoms with van der Waals surface area (Å²) in [5.41, 5.74) is 0.190. The van der Waals surface area contributed by atoms with Gasteiger partial charge in [0.15, 0.2) is 0 Å². The molecule has 172 valence electrons. The number of rotatable bonds is 7. The van der Waals surface area contributed by atoms with E-state index in [0.29, 0.717) is 0 Å². The number of nitrogens with zero attached hydrogens (tertiary/aromatic N) is 3. The average molecular weight is 486 g/mol. The highest BCUT2D eigenvalue weighted by Gasteiger charge is 2.40. The zero-order valence-corrected chi connectivity index (χ0v) is 18.8. The van der Waals surface area contributed by atoms with Crippen LogP contribution in [0.5, 0.6) is 11.8 Å². The fourth-order valence-corrected chi connectivity index (χ4v) is 6.34. The maximum absolute atomic E-state index is 12.8. The van der Waals surface area contributed by atoms with Crippen molar-refractivity contribution in [3.63, 3.8) is 0 Å². The van der Waals surface area contributed by atoms with Crippen LogP contribution in [-0.4, -0.2) is 63.7 Å². The van der Waals surface area contributed by atoms with Crippen molar-refractivity contribution in [2.24, 2.45) is 0 Å². The molecule has 32 heavy (non-hydrogen) atoms. The smallest absolute Gasteiger partial charge is 0.335 e. The first-order valence-corrected chi connectivity index (χ1v) is 11.8. The number of carbonyl (C=O) groups excluding carboxylic acids is 2. The number of hydrogen-bond donors (Lipinski definition) is 2. The number of anilines is 1. The molecule has 1 aliphatic heterocycles. The third-order valence-electron chi connectivity index (χ3n) is 4.24. The fraction of sp³-hybridized carbons (Fsp3) is 0.294. The molecule has 13 nitrogen and oxygen atoms in total. The van der Waals surface area contributed by atoms with Crippen molar-refractivity contribution in [3.05, 3.63) is 29.8 Å². The van der Waals surface area contributed by atoms with Crippen molar-refractivity contribution in [2.45, 2.75) is 23.3 Å². The van der Waals surface area contributed by atoms with Crippen LogP contribution in [-0.2, 0) is 31.4 Å². The molecular formula is C17H19N5O8S2. The van der Waals surface area contributed by atoms with Gasteiger partial charge in [-0.15, -0.1) is 0 Å². The summed E-state index contributed by atoms with van der Waals surface area (Å²) < 4.78 is 63.9. The normalized spacial score (nSPS) is 15.0. The second kappa shape index (κ2) is 8.68. The molecule has 0 saturated heterocycles. The third-order valence-corrected chi connectivity index (χ3v) is 7.68. The van der Waals surface area contributed by atoms with E-state index in [1.54, 1.807) is 4.72 Å². The zero-order chi connectivity index (χ0) is 23.7. The summed E-state index contributed by atoms with van der Waals surface area (Å²) >= 11 is 0. The molecule has 0 fully saturated rings. The van der Waals surface area contributed by atoms with E-state index in [2.05, 4.69) is 15.3 Å². The van der Waals surface area contributed by atoms with Crippen molar-refractivity contribution in [1.82, 2.24) is 19.0 Å². The van der Waals surface area contributed by atoms with Crippen LogP contribution in [0, 0.1) is 0 Å². The Morgan fingerprint density at radius 3 is 2.34 bits per heavy atom. The van der Waals surface area contributed by atoms with Crippen LogP contribution in [0.3, 0.4) is 0 Å². The van der Waals surface area contributed by atoms with E-state index in [-0.39, 0.29) is 29.8 Å². The number of benzene rings is 1. The highest BCUT2D eigenvalue weighted by atomic mass is 32.2. The first kappa shape index (κ1) is 23.4. The van der Waals surface area contributed by atoms with Gasteiger partial charge < -0.3 is 9.47 Å². The van der Waals surface area contributed by atoms with Crippen LogP contribution >= 0.6 is 0 Å². The minimum Gasteiger partial charge on any atom is -0.481 e. The Kier molecular flexibility index (Phi) is 6.34. The van der Waals surface area contributed by atoms with Gasteiger partial charge in [0.05, 0.1) is 26.8 Å². The second-order valence-corrected chi connectivity index (χ2v) is 10.1. The number of hydrogen-bond acceptors (Lipinski definition) is 10. The van der Waals surface area contributed by atoms with E-state index >= 15 is 0 Å². The van der Waals surface area contributed by atoms with Crippen LogP contribution < -0.4 is 19.5 Å². The topological polar surface area (TPSA) is 174 Å². The van der Waals surface area contributed by atoms with Crippen molar-refractivity contribution in [3.8, 4) is 11.8 Å². The number of Topliss-reactive ketones (excluding diaryl/α,β-unsaturated/α-hetero) is 1. The van der Waals surface area contributed by atoms with Gasteiger partial charge in [-0.05, 0) is 18.6 Å². The van der Waals surface area contributed by atoms with Crippen LogP contribution in [0.1, 0.15) is 12.5 Å². The maximum atomic E-state index is 12.8. The van der Waals surface area contributed by atoms with Crippen molar-refractivity contribution in [1.29, 1.82) is 0 Å². The zero-order valence-electron chi connectivity index (χ0n) is 17.1. The Morgan fingerprint density at radius 2 is 1.78 bits per heavy atom.